The largest absolute Gasteiger partial charge is 0.380 e. The van der Waals surface area contributed by atoms with Gasteiger partial charge in [-0.3, -0.25) is 20.2 Å². The highest BCUT2D eigenvalue weighted by molar-refractivity contribution is 8.00. The minimum absolute atomic E-state index is 0.0221. The maximum atomic E-state index is 13.6. The van der Waals surface area contributed by atoms with E-state index in [1.807, 2.05) is 4.90 Å². The Morgan fingerprint density at radius 1 is 1.10 bits per heavy atom. The lowest BCUT2D eigenvalue weighted by Crippen LogP contribution is -2.57. The quantitative estimate of drug-likeness (QED) is 0.262. The number of rotatable bonds is 7. The van der Waals surface area contributed by atoms with E-state index in [1.165, 1.54) is 0 Å². The van der Waals surface area contributed by atoms with Gasteiger partial charge >= 0.3 is 6.61 Å². The third-order valence-corrected chi connectivity index (χ3v) is 11.0. The Labute approximate surface area is 238 Å². The smallest absolute Gasteiger partial charge is 0.345 e. The Morgan fingerprint density at radius 2 is 1.92 bits per heavy atom. The first-order valence-electron chi connectivity index (χ1n) is 14.3. The summed E-state index contributed by atoms with van der Waals surface area (Å²) >= 11 is 8.11. The zero-order valence-electron chi connectivity index (χ0n) is 22.6. The number of nitrogens with zero attached hydrogens (tertiary/aromatic N) is 1. The van der Waals surface area contributed by atoms with Crippen LogP contribution in [0, 0.1) is 23.7 Å². The zero-order valence-corrected chi connectivity index (χ0v) is 24.2. The number of carbonyl (C=O) groups is 2. The Kier molecular flexibility index (Phi) is 9.94. The molecule has 9 nitrogen and oxygen atoms in total. The van der Waals surface area contributed by atoms with E-state index in [-0.39, 0.29) is 63.9 Å². The van der Waals surface area contributed by atoms with Crippen molar-refractivity contribution >= 4 is 35.2 Å². The fourth-order valence-electron chi connectivity index (χ4n) is 7.34. The Bertz CT molecular complexity index is 866. The van der Waals surface area contributed by atoms with Crippen LogP contribution in [-0.4, -0.2) is 97.2 Å². The van der Waals surface area contributed by atoms with Crippen LogP contribution in [0.15, 0.2) is 0 Å². The molecule has 39 heavy (non-hydrogen) atoms. The lowest BCUT2D eigenvalue weighted by atomic mass is 9.70. The molecule has 4 aliphatic heterocycles. The molecule has 5 aliphatic rings. The summed E-state index contributed by atoms with van der Waals surface area (Å²) in [6, 6.07) is 0.406. The van der Waals surface area contributed by atoms with Crippen LogP contribution in [-0.2, 0) is 19.1 Å². The molecule has 4 heterocycles. The van der Waals surface area contributed by atoms with E-state index in [9.17, 15) is 18.4 Å². The molecule has 4 saturated heterocycles. The molecule has 0 aromatic carbocycles. The molecule has 11 unspecified atom stereocenters. The van der Waals surface area contributed by atoms with Gasteiger partial charge in [-0.15, -0.1) is 23.4 Å². The fraction of sp³-hybridized carbons (Fsp3) is 0.923. The van der Waals surface area contributed by atoms with Gasteiger partial charge in [-0.05, 0) is 50.9 Å². The van der Waals surface area contributed by atoms with E-state index in [0.717, 1.165) is 19.3 Å². The molecule has 11 atom stereocenters. The average molecular weight is 594 g/mol. The van der Waals surface area contributed by atoms with Gasteiger partial charge in [0.15, 0.2) is 0 Å². The first-order chi connectivity index (χ1) is 18.7. The van der Waals surface area contributed by atoms with E-state index in [2.05, 4.69) is 28.2 Å². The van der Waals surface area contributed by atoms with E-state index < -0.39 is 12.7 Å². The molecule has 1 aliphatic carbocycles. The summed E-state index contributed by atoms with van der Waals surface area (Å²) in [7, 11) is 1.73. The van der Waals surface area contributed by atoms with Gasteiger partial charge in [-0.1, -0.05) is 6.42 Å². The lowest BCUT2D eigenvalue weighted by molar-refractivity contribution is -0.176. The molecule has 4 N–H and O–H groups in total. The minimum Gasteiger partial charge on any atom is -0.380 e. The number of hydrogen-bond acceptors (Lipinski definition) is 8. The van der Waals surface area contributed by atoms with Gasteiger partial charge in [0.25, 0.3) is 0 Å². The normalized spacial score (nSPS) is 42.9. The summed E-state index contributed by atoms with van der Waals surface area (Å²) in [6.45, 7) is 1.81. The summed E-state index contributed by atoms with van der Waals surface area (Å²) in [4.78, 5) is 28.6. The second-order valence-electron chi connectivity index (χ2n) is 11.8. The number of hydrogen-bond donors (Lipinski definition) is 4. The fourth-order valence-corrected chi connectivity index (χ4v) is 9.04. The summed E-state index contributed by atoms with van der Waals surface area (Å²) in [5, 5.41) is 13.7. The number of amides is 2. The Morgan fingerprint density at radius 3 is 2.67 bits per heavy atom. The van der Waals surface area contributed by atoms with Crippen LogP contribution >= 0.6 is 23.4 Å². The van der Waals surface area contributed by atoms with Crippen molar-refractivity contribution in [3.05, 3.63) is 0 Å². The molecule has 5 rings (SSSR count). The van der Waals surface area contributed by atoms with Crippen molar-refractivity contribution in [2.45, 2.75) is 92.6 Å². The molecule has 0 aromatic rings. The first-order valence-corrected chi connectivity index (χ1v) is 15.7. The summed E-state index contributed by atoms with van der Waals surface area (Å²) < 4.78 is 35.8. The molecular formula is C26H42ClF2N5O4S. The summed E-state index contributed by atoms with van der Waals surface area (Å²) in [6.07, 6.45) is 3.50. The van der Waals surface area contributed by atoms with Gasteiger partial charge in [0.1, 0.15) is 5.50 Å². The molecule has 13 heteroatoms. The predicted octanol–water partition coefficient (Wildman–Crippen LogP) is 1.90. The topological polar surface area (TPSA) is 104 Å². The van der Waals surface area contributed by atoms with Crippen LogP contribution < -0.4 is 21.3 Å². The number of thioether (sulfide) groups is 1. The van der Waals surface area contributed by atoms with Crippen molar-refractivity contribution in [2.24, 2.45) is 23.7 Å². The SMILES string of the molecule is COC1CNC(Cl)CC1C1CC(C)NCC1C(=O)NC1NC2CN(C(=O)C3CCCC(OC(F)F)C3)CC2S1. The standard InChI is InChI=1S/C26H42ClF2N5O4S/c1-13-6-16(17-8-22(27)31-10-20(17)37-2)18(9-30-13)23(35)33-26-32-19-11-34(12-21(19)39-26)24(36)14-4-3-5-15(7-14)38-25(28)29/h13-22,25-26,30-32H,3-12H2,1-2H3,(H,33,35). The molecule has 222 valence electrons. The third-order valence-electron chi connectivity index (χ3n) is 9.31. The van der Waals surface area contributed by atoms with E-state index in [1.54, 1.807) is 18.9 Å². The van der Waals surface area contributed by atoms with Crippen LogP contribution in [0.5, 0.6) is 0 Å². The number of piperidine rings is 2. The second-order valence-corrected chi connectivity index (χ2v) is 13.7. The van der Waals surface area contributed by atoms with Crippen LogP contribution in [0.4, 0.5) is 8.78 Å². The number of nitrogens with one attached hydrogen (secondary N) is 4. The molecular weight excluding hydrogens is 552 g/mol. The van der Waals surface area contributed by atoms with Crippen molar-refractivity contribution < 1.29 is 27.8 Å². The number of halogens is 3. The molecule has 0 bridgehead atoms. The molecule has 2 amide bonds. The number of carbonyl (C=O) groups excluding carboxylic acids is 2. The summed E-state index contributed by atoms with van der Waals surface area (Å²) in [5.41, 5.74) is -0.334. The maximum Gasteiger partial charge on any atom is 0.345 e. The highest BCUT2D eigenvalue weighted by Crippen LogP contribution is 2.39. The maximum absolute atomic E-state index is 13.6. The van der Waals surface area contributed by atoms with Crippen LogP contribution in [0.2, 0.25) is 0 Å². The van der Waals surface area contributed by atoms with Gasteiger partial charge < -0.3 is 25.0 Å². The number of ether oxygens (including phenoxy) is 2. The molecule has 0 spiro atoms. The number of likely N-dealkylation sites (tertiary alicyclic amines) is 1. The van der Waals surface area contributed by atoms with Crippen molar-refractivity contribution in [1.82, 2.24) is 26.2 Å². The Hall–Kier alpha value is -0.760. The minimum atomic E-state index is -2.80. The highest BCUT2D eigenvalue weighted by atomic mass is 35.5. The predicted molar refractivity (Wildman–Crippen MR) is 145 cm³/mol. The van der Waals surface area contributed by atoms with Crippen LogP contribution in [0.25, 0.3) is 0 Å². The van der Waals surface area contributed by atoms with Gasteiger partial charge in [0, 0.05) is 56.5 Å². The van der Waals surface area contributed by atoms with Crippen LogP contribution in [0.1, 0.15) is 45.4 Å². The van der Waals surface area contributed by atoms with Crippen LogP contribution in [0.3, 0.4) is 0 Å². The third kappa shape index (κ3) is 7.01. The van der Waals surface area contributed by atoms with Gasteiger partial charge in [0.05, 0.1) is 23.6 Å². The van der Waals surface area contributed by atoms with E-state index >= 15 is 0 Å². The zero-order chi connectivity index (χ0) is 27.7. The van der Waals surface area contributed by atoms with Gasteiger partial charge in [-0.2, -0.15) is 8.78 Å². The van der Waals surface area contributed by atoms with Gasteiger partial charge in [-0.25, -0.2) is 0 Å². The van der Waals surface area contributed by atoms with E-state index in [0.29, 0.717) is 51.5 Å². The van der Waals surface area contributed by atoms with Gasteiger partial charge in [0.2, 0.25) is 11.8 Å². The summed E-state index contributed by atoms with van der Waals surface area (Å²) in [5.74, 6) is -0.00829. The number of fused-ring (bicyclic) bond motifs is 1. The second kappa shape index (κ2) is 13.0. The lowest BCUT2D eigenvalue weighted by Gasteiger charge is -2.45. The van der Waals surface area contributed by atoms with Crippen molar-refractivity contribution in [1.29, 1.82) is 0 Å². The number of alkyl halides is 3. The average Bonchev–Trinajstić information content (AvgIpc) is 3.46. The molecule has 1 saturated carbocycles. The molecule has 5 fully saturated rings. The van der Waals surface area contributed by atoms with Crippen molar-refractivity contribution in [3.63, 3.8) is 0 Å². The van der Waals surface area contributed by atoms with E-state index in [4.69, 9.17) is 21.1 Å². The Balaban J connectivity index is 1.14. The van der Waals surface area contributed by atoms with Crippen molar-refractivity contribution in [3.8, 4) is 0 Å². The number of methoxy groups -OCH3 is 1. The molecule has 0 radical (unpaired) electrons. The molecule has 0 aromatic heterocycles. The highest BCUT2D eigenvalue weighted by Gasteiger charge is 2.47. The monoisotopic (exact) mass is 593 g/mol. The first kappa shape index (κ1) is 29.7. The van der Waals surface area contributed by atoms with Crippen molar-refractivity contribution in [2.75, 3.05) is 33.3 Å².